The molecule has 1 nitrogen and oxygen atoms in total. The lowest BCUT2D eigenvalue weighted by atomic mass is 9.71. The zero-order valence-electron chi connectivity index (χ0n) is 11.5. The van der Waals surface area contributed by atoms with E-state index < -0.39 is 0 Å². The van der Waals surface area contributed by atoms with Crippen molar-refractivity contribution in [2.24, 2.45) is 23.5 Å². The van der Waals surface area contributed by atoms with E-state index in [0.717, 1.165) is 28.9 Å². The summed E-state index contributed by atoms with van der Waals surface area (Å²) in [4.78, 5) is 0. The van der Waals surface area contributed by atoms with E-state index in [1.54, 1.807) is 12.1 Å². The maximum absolute atomic E-state index is 13.9. The van der Waals surface area contributed by atoms with Crippen LogP contribution in [0.2, 0.25) is 0 Å². The molecule has 2 rings (SSSR count). The third kappa shape index (κ3) is 3.79. The van der Waals surface area contributed by atoms with Crippen molar-refractivity contribution in [1.29, 1.82) is 0 Å². The SMILES string of the molecule is CCC1CCC(CN)C(Cc2cc(Br)ccc2F)C1. The van der Waals surface area contributed by atoms with Gasteiger partial charge in [0.25, 0.3) is 0 Å². The second-order valence-electron chi connectivity index (χ2n) is 5.78. The second kappa shape index (κ2) is 6.85. The molecule has 1 aromatic carbocycles. The maximum Gasteiger partial charge on any atom is 0.126 e. The van der Waals surface area contributed by atoms with Crippen LogP contribution in [0.3, 0.4) is 0 Å². The third-order valence-corrected chi connectivity index (χ3v) is 5.11. The molecule has 0 aromatic heterocycles. The summed E-state index contributed by atoms with van der Waals surface area (Å²) in [6, 6.07) is 5.23. The van der Waals surface area contributed by atoms with Gasteiger partial charge in [-0.3, -0.25) is 0 Å². The highest BCUT2D eigenvalue weighted by atomic mass is 79.9. The highest BCUT2D eigenvalue weighted by Crippen LogP contribution is 2.37. The molecule has 2 N–H and O–H groups in total. The van der Waals surface area contributed by atoms with Crippen molar-refractivity contribution < 1.29 is 4.39 Å². The molecule has 1 aliphatic rings. The lowest BCUT2D eigenvalue weighted by molar-refractivity contribution is 0.179. The summed E-state index contributed by atoms with van der Waals surface area (Å²) < 4.78 is 14.8. The van der Waals surface area contributed by atoms with Gasteiger partial charge in [-0.2, -0.15) is 0 Å². The van der Waals surface area contributed by atoms with E-state index in [2.05, 4.69) is 22.9 Å². The van der Waals surface area contributed by atoms with Crippen LogP contribution in [0.4, 0.5) is 4.39 Å². The molecule has 0 amide bonds. The molecule has 3 unspecified atom stereocenters. The summed E-state index contributed by atoms with van der Waals surface area (Å²) in [6.45, 7) is 2.99. The average Bonchev–Trinajstić information content (AvgIpc) is 2.42. The van der Waals surface area contributed by atoms with Crippen molar-refractivity contribution >= 4 is 15.9 Å². The summed E-state index contributed by atoms with van der Waals surface area (Å²) in [6.07, 6.45) is 5.74. The Morgan fingerprint density at radius 1 is 1.32 bits per heavy atom. The Kier molecular flexibility index (Phi) is 5.40. The van der Waals surface area contributed by atoms with Crippen molar-refractivity contribution in [3.8, 4) is 0 Å². The predicted octanol–water partition coefficient (Wildman–Crippen LogP) is 4.53. The first-order valence-corrected chi connectivity index (χ1v) is 8.07. The van der Waals surface area contributed by atoms with E-state index in [1.165, 1.54) is 25.7 Å². The van der Waals surface area contributed by atoms with Gasteiger partial charge in [0.05, 0.1) is 0 Å². The molecule has 1 aromatic rings. The summed E-state index contributed by atoms with van der Waals surface area (Å²) in [5.41, 5.74) is 6.73. The smallest absolute Gasteiger partial charge is 0.126 e. The van der Waals surface area contributed by atoms with Crippen molar-refractivity contribution in [1.82, 2.24) is 0 Å². The van der Waals surface area contributed by atoms with Crippen LogP contribution in [-0.2, 0) is 6.42 Å². The molecule has 3 atom stereocenters. The van der Waals surface area contributed by atoms with Gasteiger partial charge in [-0.1, -0.05) is 35.7 Å². The van der Waals surface area contributed by atoms with Gasteiger partial charge in [-0.05, 0) is 67.3 Å². The minimum Gasteiger partial charge on any atom is -0.330 e. The number of nitrogens with two attached hydrogens (primary N) is 1. The van der Waals surface area contributed by atoms with Gasteiger partial charge in [0.15, 0.2) is 0 Å². The van der Waals surface area contributed by atoms with Crippen LogP contribution in [0.15, 0.2) is 22.7 Å². The first kappa shape index (κ1) is 15.0. The maximum atomic E-state index is 13.9. The zero-order valence-corrected chi connectivity index (χ0v) is 13.1. The van der Waals surface area contributed by atoms with Crippen molar-refractivity contribution in [2.45, 2.75) is 39.0 Å². The van der Waals surface area contributed by atoms with Gasteiger partial charge in [0, 0.05) is 4.47 Å². The fourth-order valence-corrected chi connectivity index (χ4v) is 3.75. The van der Waals surface area contributed by atoms with Gasteiger partial charge >= 0.3 is 0 Å². The van der Waals surface area contributed by atoms with Crippen molar-refractivity contribution in [3.63, 3.8) is 0 Å². The van der Waals surface area contributed by atoms with Crippen LogP contribution in [0.1, 0.15) is 38.2 Å². The standard InChI is InChI=1S/C16H23BrFN/c1-2-11-3-4-12(10-19)13(7-11)8-14-9-15(17)5-6-16(14)18/h5-6,9,11-13H,2-4,7-8,10,19H2,1H3. The molecule has 1 saturated carbocycles. The Balaban J connectivity index is 2.11. The van der Waals surface area contributed by atoms with Crippen LogP contribution >= 0.6 is 15.9 Å². The van der Waals surface area contributed by atoms with E-state index in [0.29, 0.717) is 11.8 Å². The number of halogens is 2. The fourth-order valence-electron chi connectivity index (χ4n) is 3.34. The molecule has 1 aliphatic carbocycles. The van der Waals surface area contributed by atoms with Crippen LogP contribution in [0.25, 0.3) is 0 Å². The van der Waals surface area contributed by atoms with E-state index in [1.807, 2.05) is 6.07 Å². The van der Waals surface area contributed by atoms with Crippen LogP contribution < -0.4 is 5.73 Å². The third-order valence-electron chi connectivity index (χ3n) is 4.62. The van der Waals surface area contributed by atoms with E-state index >= 15 is 0 Å². The molecule has 0 saturated heterocycles. The Bertz CT molecular complexity index is 421. The van der Waals surface area contributed by atoms with Crippen LogP contribution in [-0.4, -0.2) is 6.54 Å². The fraction of sp³-hybridized carbons (Fsp3) is 0.625. The Morgan fingerprint density at radius 2 is 2.11 bits per heavy atom. The second-order valence-corrected chi connectivity index (χ2v) is 6.70. The van der Waals surface area contributed by atoms with Crippen molar-refractivity contribution in [2.75, 3.05) is 6.54 Å². The van der Waals surface area contributed by atoms with Gasteiger partial charge in [-0.25, -0.2) is 4.39 Å². The number of benzene rings is 1. The first-order chi connectivity index (χ1) is 9.13. The summed E-state index contributed by atoms with van der Waals surface area (Å²) in [5.74, 6) is 1.80. The summed E-state index contributed by atoms with van der Waals surface area (Å²) in [7, 11) is 0. The van der Waals surface area contributed by atoms with Gasteiger partial charge in [-0.15, -0.1) is 0 Å². The quantitative estimate of drug-likeness (QED) is 0.863. The van der Waals surface area contributed by atoms with Crippen LogP contribution in [0.5, 0.6) is 0 Å². The number of rotatable bonds is 4. The van der Waals surface area contributed by atoms with E-state index in [-0.39, 0.29) is 5.82 Å². The van der Waals surface area contributed by atoms with Crippen LogP contribution in [0, 0.1) is 23.6 Å². The molecule has 0 spiro atoms. The predicted molar refractivity (Wildman–Crippen MR) is 81.5 cm³/mol. The largest absolute Gasteiger partial charge is 0.330 e. The average molecular weight is 328 g/mol. The van der Waals surface area contributed by atoms with Gasteiger partial charge in [0.1, 0.15) is 5.82 Å². The minimum absolute atomic E-state index is 0.0856. The van der Waals surface area contributed by atoms with Crippen molar-refractivity contribution in [3.05, 3.63) is 34.1 Å². The molecule has 0 radical (unpaired) electrons. The van der Waals surface area contributed by atoms with E-state index in [9.17, 15) is 4.39 Å². The molecule has 0 aliphatic heterocycles. The molecule has 19 heavy (non-hydrogen) atoms. The molecule has 0 heterocycles. The minimum atomic E-state index is -0.0856. The molecule has 1 fully saturated rings. The number of hydrogen-bond donors (Lipinski definition) is 1. The van der Waals surface area contributed by atoms with Gasteiger partial charge in [0.2, 0.25) is 0 Å². The molecular weight excluding hydrogens is 305 g/mol. The molecular formula is C16H23BrFN. The lowest BCUT2D eigenvalue weighted by Gasteiger charge is -2.35. The highest BCUT2D eigenvalue weighted by Gasteiger charge is 2.29. The Morgan fingerprint density at radius 3 is 2.79 bits per heavy atom. The summed E-state index contributed by atoms with van der Waals surface area (Å²) >= 11 is 3.43. The zero-order chi connectivity index (χ0) is 13.8. The highest BCUT2D eigenvalue weighted by molar-refractivity contribution is 9.10. The van der Waals surface area contributed by atoms with Gasteiger partial charge < -0.3 is 5.73 Å². The number of hydrogen-bond acceptors (Lipinski definition) is 1. The Labute approximate surface area is 123 Å². The molecule has 0 bridgehead atoms. The van der Waals surface area contributed by atoms with E-state index in [4.69, 9.17) is 5.73 Å². The lowest BCUT2D eigenvalue weighted by Crippen LogP contribution is -2.31. The topological polar surface area (TPSA) is 26.0 Å². The Hall–Kier alpha value is -0.410. The normalized spacial score (nSPS) is 27.5. The first-order valence-electron chi connectivity index (χ1n) is 7.28. The monoisotopic (exact) mass is 327 g/mol. The molecule has 3 heteroatoms. The molecule has 106 valence electrons. The summed E-state index contributed by atoms with van der Waals surface area (Å²) in [5, 5.41) is 0.